The van der Waals surface area contributed by atoms with E-state index in [-0.39, 0.29) is 23.0 Å². The molecule has 0 radical (unpaired) electrons. The molecule has 4 aromatic rings. The number of amides is 1. The number of thiophene rings is 1. The Bertz CT molecular complexity index is 1470. The Kier molecular flexibility index (Phi) is 5.60. The lowest BCUT2D eigenvalue weighted by molar-refractivity contribution is -0.115. The molecule has 2 heterocycles. The summed E-state index contributed by atoms with van der Waals surface area (Å²) in [6.45, 7) is 2.51. The third-order valence-electron chi connectivity index (χ3n) is 5.72. The third-order valence-corrected chi connectivity index (χ3v) is 8.60. The van der Waals surface area contributed by atoms with Crippen molar-refractivity contribution < 1.29 is 13.2 Å². The van der Waals surface area contributed by atoms with Gasteiger partial charge in [-0.05, 0) is 59.8 Å². The Morgan fingerprint density at radius 3 is 2.64 bits per heavy atom. The number of fused-ring (bicyclic) bond motifs is 2. The molecule has 5 nitrogen and oxygen atoms in total. The fraction of sp³-hybridized carbons (Fsp3) is 0.154. The predicted octanol–water partition coefficient (Wildman–Crippen LogP) is 5.61. The molecule has 0 bridgehead atoms. The van der Waals surface area contributed by atoms with Crippen molar-refractivity contribution in [3.8, 4) is 10.4 Å². The van der Waals surface area contributed by atoms with Crippen LogP contribution in [0.1, 0.15) is 23.1 Å². The SMILES string of the molecule is Cc1ccc(S(=O)(=O)CCC(=O)Nc2cc3c(c(-c4cc5ccccc5s4)c2)CN=C3)cc1. The Morgan fingerprint density at radius 2 is 1.85 bits per heavy atom. The number of rotatable bonds is 6. The van der Waals surface area contributed by atoms with Crippen molar-refractivity contribution in [2.24, 2.45) is 4.99 Å². The molecule has 0 fully saturated rings. The first-order valence-electron chi connectivity index (χ1n) is 10.6. The van der Waals surface area contributed by atoms with E-state index in [4.69, 9.17) is 0 Å². The number of anilines is 1. The van der Waals surface area contributed by atoms with Crippen molar-refractivity contribution in [2.45, 2.75) is 24.8 Å². The number of aryl methyl sites for hydroxylation is 1. The Morgan fingerprint density at radius 1 is 1.06 bits per heavy atom. The minimum absolute atomic E-state index is 0.112. The average Bonchev–Trinajstić information content (AvgIpc) is 3.44. The number of aliphatic imine (C=N–C) groups is 1. The van der Waals surface area contributed by atoms with Gasteiger partial charge in [-0.3, -0.25) is 9.79 Å². The highest BCUT2D eigenvalue weighted by Gasteiger charge is 2.19. The molecule has 1 amide bonds. The molecule has 0 unspecified atom stereocenters. The lowest BCUT2D eigenvalue weighted by Crippen LogP contribution is -2.17. The summed E-state index contributed by atoms with van der Waals surface area (Å²) in [6.07, 6.45) is 1.71. The average molecular weight is 475 g/mol. The molecule has 1 aliphatic heterocycles. The predicted molar refractivity (Wildman–Crippen MR) is 135 cm³/mol. The molecule has 166 valence electrons. The smallest absolute Gasteiger partial charge is 0.225 e. The van der Waals surface area contributed by atoms with E-state index in [1.54, 1.807) is 35.6 Å². The summed E-state index contributed by atoms with van der Waals surface area (Å²) in [5, 5.41) is 4.07. The van der Waals surface area contributed by atoms with Crippen LogP contribution in [-0.4, -0.2) is 26.3 Å². The van der Waals surface area contributed by atoms with Gasteiger partial charge in [0, 0.05) is 33.5 Å². The van der Waals surface area contributed by atoms with Crippen molar-refractivity contribution >= 4 is 49.1 Å². The second kappa shape index (κ2) is 8.57. The van der Waals surface area contributed by atoms with Crippen LogP contribution in [0.2, 0.25) is 0 Å². The maximum absolute atomic E-state index is 12.6. The zero-order valence-corrected chi connectivity index (χ0v) is 19.7. The zero-order valence-electron chi connectivity index (χ0n) is 18.0. The highest BCUT2D eigenvalue weighted by Crippen LogP contribution is 2.39. The number of hydrogen-bond acceptors (Lipinski definition) is 5. The fourth-order valence-corrected chi connectivity index (χ4v) is 6.29. The topological polar surface area (TPSA) is 75.6 Å². The van der Waals surface area contributed by atoms with Gasteiger partial charge in [-0.2, -0.15) is 0 Å². The number of carbonyl (C=O) groups is 1. The van der Waals surface area contributed by atoms with Gasteiger partial charge in [-0.1, -0.05) is 35.9 Å². The van der Waals surface area contributed by atoms with Gasteiger partial charge in [0.15, 0.2) is 9.84 Å². The van der Waals surface area contributed by atoms with E-state index in [0.717, 1.165) is 27.1 Å². The van der Waals surface area contributed by atoms with Crippen LogP contribution in [0, 0.1) is 6.92 Å². The van der Waals surface area contributed by atoms with E-state index in [1.165, 1.54) is 10.1 Å². The van der Waals surface area contributed by atoms with Gasteiger partial charge in [0.05, 0.1) is 17.2 Å². The fourth-order valence-electron chi connectivity index (χ4n) is 3.94. The quantitative estimate of drug-likeness (QED) is 0.395. The molecule has 1 aliphatic rings. The van der Waals surface area contributed by atoms with E-state index >= 15 is 0 Å². The van der Waals surface area contributed by atoms with Gasteiger partial charge >= 0.3 is 0 Å². The molecule has 0 saturated heterocycles. The van der Waals surface area contributed by atoms with Crippen LogP contribution in [0.3, 0.4) is 0 Å². The van der Waals surface area contributed by atoms with E-state index < -0.39 is 9.84 Å². The highest BCUT2D eigenvalue weighted by molar-refractivity contribution is 7.91. The summed E-state index contributed by atoms with van der Waals surface area (Å²) in [4.78, 5) is 18.4. The minimum atomic E-state index is -3.52. The first-order valence-corrected chi connectivity index (χ1v) is 13.1. The summed E-state index contributed by atoms with van der Waals surface area (Å²) < 4.78 is 26.4. The molecule has 0 spiro atoms. The molecule has 0 aliphatic carbocycles. The molecule has 0 saturated carbocycles. The van der Waals surface area contributed by atoms with E-state index in [0.29, 0.717) is 12.2 Å². The summed E-state index contributed by atoms with van der Waals surface area (Å²) >= 11 is 1.71. The van der Waals surface area contributed by atoms with Crippen molar-refractivity contribution in [1.29, 1.82) is 0 Å². The monoisotopic (exact) mass is 474 g/mol. The number of hydrogen-bond donors (Lipinski definition) is 1. The summed E-state index contributed by atoms with van der Waals surface area (Å²) in [5.41, 5.74) is 4.80. The molecule has 1 N–H and O–H groups in total. The van der Waals surface area contributed by atoms with Crippen LogP contribution in [0.25, 0.3) is 20.5 Å². The first kappa shape index (κ1) is 21.6. The second-order valence-electron chi connectivity index (χ2n) is 8.14. The van der Waals surface area contributed by atoms with E-state index in [9.17, 15) is 13.2 Å². The molecule has 7 heteroatoms. The number of nitrogens with zero attached hydrogens (tertiary/aromatic N) is 1. The molecular weight excluding hydrogens is 452 g/mol. The van der Waals surface area contributed by atoms with Crippen molar-refractivity contribution in [3.05, 3.63) is 83.4 Å². The maximum atomic E-state index is 12.6. The number of sulfone groups is 1. The minimum Gasteiger partial charge on any atom is -0.326 e. The van der Waals surface area contributed by atoms with Crippen LogP contribution < -0.4 is 5.32 Å². The third kappa shape index (κ3) is 4.47. The van der Waals surface area contributed by atoms with Gasteiger partial charge in [0.25, 0.3) is 0 Å². The largest absolute Gasteiger partial charge is 0.326 e. The Balaban J connectivity index is 1.36. The molecule has 3 aromatic carbocycles. The van der Waals surface area contributed by atoms with Crippen molar-refractivity contribution in [3.63, 3.8) is 0 Å². The summed E-state index contributed by atoms with van der Waals surface area (Å²) in [5.74, 6) is -0.569. The van der Waals surface area contributed by atoms with Crippen molar-refractivity contribution in [1.82, 2.24) is 0 Å². The van der Waals surface area contributed by atoms with E-state index in [1.807, 2.05) is 37.4 Å². The summed E-state index contributed by atoms with van der Waals surface area (Å²) in [6, 6.07) is 20.9. The number of carbonyl (C=O) groups excluding carboxylic acids is 1. The second-order valence-corrected chi connectivity index (χ2v) is 11.3. The van der Waals surface area contributed by atoms with Crippen LogP contribution >= 0.6 is 11.3 Å². The highest BCUT2D eigenvalue weighted by atomic mass is 32.2. The Labute approximate surface area is 196 Å². The van der Waals surface area contributed by atoms with Crippen molar-refractivity contribution in [2.75, 3.05) is 11.1 Å². The summed E-state index contributed by atoms with van der Waals surface area (Å²) in [7, 11) is -3.52. The number of benzene rings is 3. The molecule has 1 aromatic heterocycles. The van der Waals surface area contributed by atoms with Gasteiger partial charge in [0.2, 0.25) is 5.91 Å². The van der Waals surface area contributed by atoms with Gasteiger partial charge in [-0.15, -0.1) is 11.3 Å². The lowest BCUT2D eigenvalue weighted by atomic mass is 10.0. The first-order chi connectivity index (χ1) is 15.9. The van der Waals surface area contributed by atoms with Crippen LogP contribution in [-0.2, 0) is 21.2 Å². The maximum Gasteiger partial charge on any atom is 0.225 e. The van der Waals surface area contributed by atoms with E-state index in [2.05, 4.69) is 28.5 Å². The van der Waals surface area contributed by atoms with Crippen LogP contribution in [0.15, 0.2) is 76.6 Å². The number of nitrogens with one attached hydrogen (secondary N) is 1. The van der Waals surface area contributed by atoms with Crippen LogP contribution in [0.4, 0.5) is 5.69 Å². The molecule has 5 rings (SSSR count). The molecule has 33 heavy (non-hydrogen) atoms. The van der Waals surface area contributed by atoms with Gasteiger partial charge in [0.1, 0.15) is 0 Å². The molecular formula is C26H22N2O3S2. The normalized spacial score (nSPS) is 12.8. The van der Waals surface area contributed by atoms with Crippen LogP contribution in [0.5, 0.6) is 0 Å². The standard InChI is InChI=1S/C26H22N2O3S2/c1-17-6-8-21(9-7-17)33(30,31)11-10-26(29)28-20-12-19-15-27-16-23(19)22(14-20)25-13-18-4-2-3-5-24(18)32-25/h2-9,12-15H,10-11,16H2,1H3,(H,28,29). The lowest BCUT2D eigenvalue weighted by Gasteiger charge is -2.12. The zero-order chi connectivity index (χ0) is 23.0. The molecule has 0 atom stereocenters. The van der Waals surface area contributed by atoms with Gasteiger partial charge < -0.3 is 5.32 Å². The van der Waals surface area contributed by atoms with Gasteiger partial charge in [-0.25, -0.2) is 8.42 Å². The Hall–Kier alpha value is -3.29.